The fourth-order valence-electron chi connectivity index (χ4n) is 2.26. The molecule has 0 aliphatic carbocycles. The summed E-state index contributed by atoms with van der Waals surface area (Å²) < 4.78 is 1.65. The zero-order chi connectivity index (χ0) is 16.2. The van der Waals surface area contributed by atoms with Gasteiger partial charge in [0.05, 0.1) is 5.69 Å². The summed E-state index contributed by atoms with van der Waals surface area (Å²) in [6.45, 7) is 4.29. The first-order chi connectivity index (χ1) is 11.1. The van der Waals surface area contributed by atoms with Crippen molar-refractivity contribution in [1.82, 2.24) is 14.8 Å². The molecule has 3 aromatic rings. The Bertz CT molecular complexity index is 775. The van der Waals surface area contributed by atoms with E-state index in [1.165, 1.54) is 11.9 Å². The second-order valence-electron chi connectivity index (χ2n) is 5.62. The van der Waals surface area contributed by atoms with Crippen LogP contribution in [0, 0.1) is 0 Å². The summed E-state index contributed by atoms with van der Waals surface area (Å²) >= 11 is 0. The Morgan fingerprint density at radius 1 is 1.04 bits per heavy atom. The van der Waals surface area contributed by atoms with Gasteiger partial charge in [-0.2, -0.15) is 5.10 Å². The molecule has 5 nitrogen and oxygen atoms in total. The van der Waals surface area contributed by atoms with Crippen LogP contribution in [0.5, 0.6) is 0 Å². The van der Waals surface area contributed by atoms with E-state index < -0.39 is 0 Å². The monoisotopic (exact) mass is 306 g/mol. The third-order valence-corrected chi connectivity index (χ3v) is 3.65. The quantitative estimate of drug-likeness (QED) is 0.800. The van der Waals surface area contributed by atoms with Gasteiger partial charge in [-0.05, 0) is 47.9 Å². The van der Waals surface area contributed by atoms with Gasteiger partial charge in [-0.25, -0.2) is 9.67 Å². The maximum absolute atomic E-state index is 12.3. The van der Waals surface area contributed by atoms with E-state index in [9.17, 15) is 4.79 Å². The molecular formula is C18H18N4O. The Kier molecular flexibility index (Phi) is 4.19. The summed E-state index contributed by atoms with van der Waals surface area (Å²) in [6.07, 6.45) is 3.09. The molecule has 0 spiro atoms. The predicted molar refractivity (Wildman–Crippen MR) is 89.8 cm³/mol. The molecule has 0 bridgehead atoms. The highest BCUT2D eigenvalue weighted by atomic mass is 16.1. The molecule has 1 N–H and O–H groups in total. The van der Waals surface area contributed by atoms with Crippen LogP contribution in [0.1, 0.15) is 35.7 Å². The maximum atomic E-state index is 12.3. The first-order valence-electron chi connectivity index (χ1n) is 7.50. The van der Waals surface area contributed by atoms with Crippen LogP contribution in [0.15, 0.2) is 61.2 Å². The Morgan fingerprint density at radius 2 is 1.74 bits per heavy atom. The molecule has 1 amide bonds. The standard InChI is InChI=1S/C18H18N4O/c1-13(2)14-3-7-16(8-4-14)21-18(23)15-5-9-17(10-6-15)22-12-19-11-20-22/h3-13H,1-2H3,(H,21,23). The SMILES string of the molecule is CC(C)c1ccc(NC(=O)c2ccc(-n3cncn3)cc2)cc1. The number of carbonyl (C=O) groups is 1. The number of rotatable bonds is 4. The van der Waals surface area contributed by atoms with Gasteiger partial charge in [-0.15, -0.1) is 0 Å². The molecule has 3 rings (SSSR count). The fourth-order valence-corrected chi connectivity index (χ4v) is 2.26. The third kappa shape index (κ3) is 3.45. The van der Waals surface area contributed by atoms with Crippen molar-refractivity contribution in [2.24, 2.45) is 0 Å². The average Bonchev–Trinajstić information content (AvgIpc) is 3.10. The van der Waals surface area contributed by atoms with Crippen molar-refractivity contribution in [2.45, 2.75) is 19.8 Å². The molecule has 0 saturated heterocycles. The van der Waals surface area contributed by atoms with Crippen LogP contribution in [0.25, 0.3) is 5.69 Å². The second kappa shape index (κ2) is 6.44. The number of amides is 1. The van der Waals surface area contributed by atoms with Crippen molar-refractivity contribution in [3.63, 3.8) is 0 Å². The van der Waals surface area contributed by atoms with Crippen molar-refractivity contribution in [1.29, 1.82) is 0 Å². The molecule has 0 radical (unpaired) electrons. The lowest BCUT2D eigenvalue weighted by atomic mass is 10.0. The van der Waals surface area contributed by atoms with Gasteiger partial charge < -0.3 is 5.32 Å². The number of aromatic nitrogens is 3. The average molecular weight is 306 g/mol. The lowest BCUT2D eigenvalue weighted by molar-refractivity contribution is 0.102. The summed E-state index contributed by atoms with van der Waals surface area (Å²) in [5.41, 5.74) is 3.50. The van der Waals surface area contributed by atoms with Crippen LogP contribution in [-0.2, 0) is 0 Å². The molecule has 1 aromatic heterocycles. The largest absolute Gasteiger partial charge is 0.322 e. The molecule has 5 heteroatoms. The highest BCUT2D eigenvalue weighted by Gasteiger charge is 2.07. The van der Waals surface area contributed by atoms with E-state index in [-0.39, 0.29) is 5.91 Å². The Balaban J connectivity index is 1.70. The number of nitrogens with one attached hydrogen (secondary N) is 1. The Morgan fingerprint density at radius 3 is 2.30 bits per heavy atom. The van der Waals surface area contributed by atoms with E-state index in [0.29, 0.717) is 11.5 Å². The van der Waals surface area contributed by atoms with Gasteiger partial charge in [0.15, 0.2) is 0 Å². The van der Waals surface area contributed by atoms with Crippen LogP contribution in [0.4, 0.5) is 5.69 Å². The van der Waals surface area contributed by atoms with Crippen LogP contribution < -0.4 is 5.32 Å². The smallest absolute Gasteiger partial charge is 0.255 e. The zero-order valence-corrected chi connectivity index (χ0v) is 13.1. The van der Waals surface area contributed by atoms with Gasteiger partial charge >= 0.3 is 0 Å². The van der Waals surface area contributed by atoms with Gasteiger partial charge in [-0.3, -0.25) is 4.79 Å². The highest BCUT2D eigenvalue weighted by molar-refractivity contribution is 6.04. The molecule has 0 aliphatic rings. The van der Waals surface area contributed by atoms with Gasteiger partial charge in [0.1, 0.15) is 12.7 Å². The molecule has 23 heavy (non-hydrogen) atoms. The minimum absolute atomic E-state index is 0.132. The van der Waals surface area contributed by atoms with E-state index in [0.717, 1.165) is 11.4 Å². The molecule has 1 heterocycles. The summed E-state index contributed by atoms with van der Waals surface area (Å²) in [7, 11) is 0. The lowest BCUT2D eigenvalue weighted by Gasteiger charge is -2.09. The topological polar surface area (TPSA) is 59.8 Å². The van der Waals surface area contributed by atoms with Crippen molar-refractivity contribution < 1.29 is 4.79 Å². The maximum Gasteiger partial charge on any atom is 0.255 e. The van der Waals surface area contributed by atoms with E-state index >= 15 is 0 Å². The molecular weight excluding hydrogens is 288 g/mol. The molecule has 2 aromatic carbocycles. The van der Waals surface area contributed by atoms with Crippen LogP contribution >= 0.6 is 0 Å². The fraction of sp³-hybridized carbons (Fsp3) is 0.167. The van der Waals surface area contributed by atoms with Gasteiger partial charge in [0, 0.05) is 11.3 Å². The number of carbonyl (C=O) groups excluding carboxylic acids is 1. The minimum atomic E-state index is -0.132. The second-order valence-corrected chi connectivity index (χ2v) is 5.62. The van der Waals surface area contributed by atoms with Crippen LogP contribution in [0.2, 0.25) is 0 Å². The van der Waals surface area contributed by atoms with Crippen LogP contribution in [-0.4, -0.2) is 20.7 Å². The summed E-state index contributed by atoms with van der Waals surface area (Å²) in [5, 5.41) is 6.96. The van der Waals surface area contributed by atoms with Gasteiger partial charge in [0.2, 0.25) is 0 Å². The molecule has 0 saturated carbocycles. The third-order valence-electron chi connectivity index (χ3n) is 3.65. The highest BCUT2D eigenvalue weighted by Crippen LogP contribution is 2.18. The predicted octanol–water partition coefficient (Wildman–Crippen LogP) is 3.64. The van der Waals surface area contributed by atoms with Gasteiger partial charge in [-0.1, -0.05) is 26.0 Å². The van der Waals surface area contributed by atoms with Crippen molar-refractivity contribution in [3.05, 3.63) is 72.3 Å². The van der Waals surface area contributed by atoms with Gasteiger partial charge in [0.25, 0.3) is 5.91 Å². The Labute approximate surface area is 135 Å². The number of hydrogen-bond acceptors (Lipinski definition) is 3. The molecule has 0 aliphatic heterocycles. The molecule has 0 atom stereocenters. The van der Waals surface area contributed by atoms with E-state index in [2.05, 4.69) is 29.2 Å². The number of anilines is 1. The van der Waals surface area contributed by atoms with Crippen molar-refractivity contribution in [2.75, 3.05) is 5.32 Å². The zero-order valence-electron chi connectivity index (χ0n) is 13.1. The van der Waals surface area contributed by atoms with Crippen LogP contribution in [0.3, 0.4) is 0 Å². The Hall–Kier alpha value is -2.95. The van der Waals surface area contributed by atoms with Crippen molar-refractivity contribution >= 4 is 11.6 Å². The molecule has 0 fully saturated rings. The number of nitrogens with zero attached hydrogens (tertiary/aromatic N) is 3. The lowest BCUT2D eigenvalue weighted by Crippen LogP contribution is -2.12. The molecule has 116 valence electrons. The summed E-state index contributed by atoms with van der Waals surface area (Å²) in [4.78, 5) is 16.2. The van der Waals surface area contributed by atoms with E-state index in [4.69, 9.17) is 0 Å². The van der Waals surface area contributed by atoms with E-state index in [1.54, 1.807) is 23.1 Å². The summed E-state index contributed by atoms with van der Waals surface area (Å²) in [6, 6.07) is 15.1. The van der Waals surface area contributed by atoms with Crippen molar-refractivity contribution in [3.8, 4) is 5.69 Å². The number of hydrogen-bond donors (Lipinski definition) is 1. The minimum Gasteiger partial charge on any atom is -0.322 e. The normalized spacial score (nSPS) is 10.7. The molecule has 0 unspecified atom stereocenters. The summed E-state index contributed by atoms with van der Waals surface area (Å²) in [5.74, 6) is 0.344. The first-order valence-corrected chi connectivity index (χ1v) is 7.50. The van der Waals surface area contributed by atoms with E-state index in [1.807, 2.05) is 36.4 Å². The first kappa shape index (κ1) is 15.0. The number of benzene rings is 2.